The quantitative estimate of drug-likeness (QED) is 0.855. The molecule has 1 atom stereocenters. The fourth-order valence-corrected chi connectivity index (χ4v) is 2.67. The van der Waals surface area contributed by atoms with Gasteiger partial charge in [0, 0.05) is 35.8 Å². The average Bonchev–Trinajstić information content (AvgIpc) is 3.11. The number of rotatable bonds is 6. The van der Waals surface area contributed by atoms with E-state index in [1.54, 1.807) is 28.3 Å². The van der Waals surface area contributed by atoms with Gasteiger partial charge in [-0.15, -0.1) is 11.3 Å². The Morgan fingerprint density at radius 1 is 1.59 bits per heavy atom. The molecule has 0 fully saturated rings. The van der Waals surface area contributed by atoms with Gasteiger partial charge in [-0.25, -0.2) is 9.78 Å². The summed E-state index contributed by atoms with van der Waals surface area (Å²) in [5.41, 5.74) is 0.999. The first-order chi connectivity index (χ1) is 10.6. The van der Waals surface area contributed by atoms with E-state index in [1.807, 2.05) is 19.2 Å². The number of aromatic nitrogens is 3. The molecule has 7 nitrogen and oxygen atoms in total. The van der Waals surface area contributed by atoms with Crippen LogP contribution in [0, 0.1) is 18.3 Å². The van der Waals surface area contributed by atoms with E-state index in [1.165, 1.54) is 0 Å². The summed E-state index contributed by atoms with van der Waals surface area (Å²) < 4.78 is 1.62. The monoisotopic (exact) mass is 318 g/mol. The van der Waals surface area contributed by atoms with Crippen molar-refractivity contribution in [2.45, 2.75) is 32.7 Å². The number of anilines is 1. The second kappa shape index (κ2) is 7.56. The van der Waals surface area contributed by atoms with Crippen LogP contribution in [-0.4, -0.2) is 27.3 Å². The predicted octanol–water partition coefficient (Wildman–Crippen LogP) is 2.49. The minimum absolute atomic E-state index is 0.164. The van der Waals surface area contributed by atoms with Crippen molar-refractivity contribution in [3.63, 3.8) is 0 Å². The molecular formula is C14H18N6OS. The van der Waals surface area contributed by atoms with Gasteiger partial charge in [-0.1, -0.05) is 6.92 Å². The number of aryl methyl sites for hydroxylation is 2. The van der Waals surface area contributed by atoms with Gasteiger partial charge in [0.2, 0.25) is 0 Å². The van der Waals surface area contributed by atoms with Crippen LogP contribution in [0.5, 0.6) is 0 Å². The van der Waals surface area contributed by atoms with E-state index in [2.05, 4.69) is 26.8 Å². The maximum Gasteiger partial charge on any atom is 0.320 e. The third-order valence-electron chi connectivity index (χ3n) is 2.96. The van der Waals surface area contributed by atoms with Gasteiger partial charge in [0.25, 0.3) is 0 Å². The normalized spacial score (nSPS) is 11.7. The number of hydrogen-bond acceptors (Lipinski definition) is 5. The Hall–Kier alpha value is -2.40. The summed E-state index contributed by atoms with van der Waals surface area (Å²) >= 11 is 1.60. The SMILES string of the molecule is Cc1csc([C@H](C)CNC(=O)Nc2ccn(CCC#N)n2)n1. The molecule has 2 amide bonds. The molecule has 2 aromatic rings. The first-order valence-corrected chi connectivity index (χ1v) is 7.83. The second-order valence-corrected chi connectivity index (χ2v) is 5.83. The van der Waals surface area contributed by atoms with Crippen molar-refractivity contribution < 1.29 is 4.79 Å². The Labute approximate surface area is 133 Å². The van der Waals surface area contributed by atoms with Crippen LogP contribution in [-0.2, 0) is 6.54 Å². The van der Waals surface area contributed by atoms with Gasteiger partial charge < -0.3 is 5.32 Å². The smallest absolute Gasteiger partial charge is 0.320 e. The van der Waals surface area contributed by atoms with Crippen LogP contribution in [0.3, 0.4) is 0 Å². The van der Waals surface area contributed by atoms with Crippen LogP contribution >= 0.6 is 11.3 Å². The molecule has 22 heavy (non-hydrogen) atoms. The molecule has 2 aromatic heterocycles. The van der Waals surface area contributed by atoms with Gasteiger partial charge in [0.15, 0.2) is 5.82 Å². The lowest BCUT2D eigenvalue weighted by molar-refractivity contribution is 0.251. The molecule has 0 bridgehead atoms. The second-order valence-electron chi connectivity index (χ2n) is 4.94. The van der Waals surface area contributed by atoms with E-state index >= 15 is 0 Å². The highest BCUT2D eigenvalue weighted by Crippen LogP contribution is 2.18. The Kier molecular flexibility index (Phi) is 5.49. The number of nitrogens with one attached hydrogen (secondary N) is 2. The van der Waals surface area contributed by atoms with E-state index in [0.29, 0.717) is 25.3 Å². The predicted molar refractivity (Wildman–Crippen MR) is 84.7 cm³/mol. The maximum atomic E-state index is 11.8. The fraction of sp³-hybridized carbons (Fsp3) is 0.429. The van der Waals surface area contributed by atoms with Crippen molar-refractivity contribution >= 4 is 23.2 Å². The van der Waals surface area contributed by atoms with Crippen LogP contribution in [0.25, 0.3) is 0 Å². The third kappa shape index (κ3) is 4.56. The molecule has 0 spiro atoms. The summed E-state index contributed by atoms with van der Waals surface area (Å²) in [4.78, 5) is 16.2. The number of thiazole rings is 1. The summed E-state index contributed by atoms with van der Waals surface area (Å²) in [6.45, 7) is 5.00. The first-order valence-electron chi connectivity index (χ1n) is 6.95. The van der Waals surface area contributed by atoms with Crippen LogP contribution in [0.4, 0.5) is 10.6 Å². The number of nitriles is 1. The number of carbonyl (C=O) groups excluding carboxylic acids is 1. The van der Waals surface area contributed by atoms with Gasteiger partial charge in [-0.05, 0) is 6.92 Å². The molecule has 0 saturated carbocycles. The summed E-state index contributed by atoms with van der Waals surface area (Å²) in [6, 6.07) is 3.45. The highest BCUT2D eigenvalue weighted by Gasteiger charge is 2.11. The molecule has 0 aliphatic carbocycles. The molecule has 2 N–H and O–H groups in total. The molecule has 116 valence electrons. The molecular weight excluding hydrogens is 300 g/mol. The number of amides is 2. The van der Waals surface area contributed by atoms with Crippen LogP contribution in [0.1, 0.15) is 30.0 Å². The van der Waals surface area contributed by atoms with Crippen molar-refractivity contribution in [3.05, 3.63) is 28.3 Å². The fourth-order valence-electron chi connectivity index (χ4n) is 1.81. The van der Waals surface area contributed by atoms with E-state index in [0.717, 1.165) is 10.7 Å². The first kappa shape index (κ1) is 16.0. The Morgan fingerprint density at radius 3 is 3.09 bits per heavy atom. The summed E-state index contributed by atoms with van der Waals surface area (Å²) in [7, 11) is 0. The largest absolute Gasteiger partial charge is 0.337 e. The average molecular weight is 318 g/mol. The Bertz CT molecular complexity index is 671. The van der Waals surface area contributed by atoms with Crippen LogP contribution in [0.2, 0.25) is 0 Å². The van der Waals surface area contributed by atoms with Gasteiger partial charge >= 0.3 is 6.03 Å². The van der Waals surface area contributed by atoms with Crippen LogP contribution in [0.15, 0.2) is 17.6 Å². The summed E-state index contributed by atoms with van der Waals surface area (Å²) in [5, 5.41) is 21.2. The molecule has 0 radical (unpaired) electrons. The topological polar surface area (TPSA) is 95.6 Å². The Morgan fingerprint density at radius 2 is 2.41 bits per heavy atom. The highest BCUT2D eigenvalue weighted by molar-refractivity contribution is 7.09. The highest BCUT2D eigenvalue weighted by atomic mass is 32.1. The molecule has 2 heterocycles. The lowest BCUT2D eigenvalue weighted by Gasteiger charge is -2.10. The number of urea groups is 1. The summed E-state index contributed by atoms with van der Waals surface area (Å²) in [6.07, 6.45) is 2.12. The Balaban J connectivity index is 1.78. The zero-order chi connectivity index (χ0) is 15.9. The van der Waals surface area contributed by atoms with E-state index in [4.69, 9.17) is 5.26 Å². The maximum absolute atomic E-state index is 11.8. The molecule has 8 heteroatoms. The van der Waals surface area contributed by atoms with Crippen molar-refractivity contribution in [1.82, 2.24) is 20.1 Å². The van der Waals surface area contributed by atoms with Crippen molar-refractivity contribution in [1.29, 1.82) is 5.26 Å². The molecule has 0 unspecified atom stereocenters. The van der Waals surface area contributed by atoms with Crippen LogP contribution < -0.4 is 10.6 Å². The lowest BCUT2D eigenvalue weighted by Crippen LogP contribution is -2.31. The number of nitrogens with zero attached hydrogens (tertiary/aromatic N) is 4. The lowest BCUT2D eigenvalue weighted by atomic mass is 10.2. The molecule has 0 saturated heterocycles. The molecule has 0 aliphatic rings. The van der Waals surface area contributed by atoms with Crippen molar-refractivity contribution in [3.8, 4) is 6.07 Å². The minimum Gasteiger partial charge on any atom is -0.337 e. The van der Waals surface area contributed by atoms with Gasteiger partial charge in [0.1, 0.15) is 0 Å². The number of carbonyl (C=O) groups is 1. The zero-order valence-electron chi connectivity index (χ0n) is 12.5. The van der Waals surface area contributed by atoms with Crippen molar-refractivity contribution in [2.24, 2.45) is 0 Å². The summed E-state index contributed by atoms with van der Waals surface area (Å²) in [5.74, 6) is 0.630. The van der Waals surface area contributed by atoms with Gasteiger partial charge in [0.05, 0.1) is 24.0 Å². The van der Waals surface area contributed by atoms with Gasteiger partial charge in [-0.3, -0.25) is 10.00 Å². The molecule has 2 rings (SSSR count). The van der Waals surface area contributed by atoms with Crippen molar-refractivity contribution in [2.75, 3.05) is 11.9 Å². The van der Waals surface area contributed by atoms with E-state index < -0.39 is 0 Å². The van der Waals surface area contributed by atoms with E-state index in [9.17, 15) is 4.79 Å². The molecule has 0 aromatic carbocycles. The van der Waals surface area contributed by atoms with Gasteiger partial charge in [-0.2, -0.15) is 10.4 Å². The standard InChI is InChI=1S/C14H18N6OS/c1-10(13-17-11(2)9-22-13)8-16-14(21)18-12-4-7-20(19-12)6-3-5-15/h4,7,9-10H,3,6,8H2,1-2H3,(H2,16,18,19,21)/t10-/m1/s1. The number of hydrogen-bond donors (Lipinski definition) is 2. The third-order valence-corrected chi connectivity index (χ3v) is 4.16. The minimum atomic E-state index is -0.300. The molecule has 0 aliphatic heterocycles. The van der Waals surface area contributed by atoms with E-state index in [-0.39, 0.29) is 11.9 Å². The zero-order valence-corrected chi connectivity index (χ0v) is 13.4.